The molecule has 1 aromatic carbocycles. The summed E-state index contributed by atoms with van der Waals surface area (Å²) in [5, 5.41) is 1.80. The van der Waals surface area contributed by atoms with Crippen LogP contribution in [0, 0.1) is 0 Å². The van der Waals surface area contributed by atoms with Crippen molar-refractivity contribution in [3.05, 3.63) is 60.3 Å². The van der Waals surface area contributed by atoms with Crippen molar-refractivity contribution in [2.24, 2.45) is 0 Å². The van der Waals surface area contributed by atoms with Gasteiger partial charge < -0.3 is 10.1 Å². The summed E-state index contributed by atoms with van der Waals surface area (Å²) >= 11 is 0. The van der Waals surface area contributed by atoms with Gasteiger partial charge in [-0.15, -0.1) is 0 Å². The van der Waals surface area contributed by atoms with Gasteiger partial charge in [-0.2, -0.15) is 13.2 Å². The number of nitrogens with zero attached hydrogens (tertiary/aromatic N) is 1. The summed E-state index contributed by atoms with van der Waals surface area (Å²) in [7, 11) is 0. The van der Waals surface area contributed by atoms with Gasteiger partial charge in [-0.25, -0.2) is 9.78 Å². The van der Waals surface area contributed by atoms with Crippen molar-refractivity contribution < 1.29 is 22.7 Å². The number of amides is 1. The zero-order chi connectivity index (χ0) is 15.3. The Bertz CT molecular complexity index is 588. The molecule has 1 unspecified atom stereocenters. The standard InChI is InChI=1S/C14H11F3N2O2/c15-14(16,17)12(10-6-2-1-3-7-10)19-13(20)21-11-8-4-5-9-18-11/h1-9,12H,(H,19,20). The monoisotopic (exact) mass is 296 g/mol. The average Bonchev–Trinajstić information content (AvgIpc) is 2.45. The highest BCUT2D eigenvalue weighted by atomic mass is 19.4. The number of halogens is 3. The molecule has 0 saturated carbocycles. The molecule has 0 spiro atoms. The molecule has 0 radical (unpaired) electrons. The summed E-state index contributed by atoms with van der Waals surface area (Å²) in [6.45, 7) is 0. The first-order valence-corrected chi connectivity index (χ1v) is 5.98. The lowest BCUT2D eigenvalue weighted by atomic mass is 10.1. The molecule has 1 heterocycles. The van der Waals surface area contributed by atoms with Gasteiger partial charge in [0.05, 0.1) is 0 Å². The summed E-state index contributed by atoms with van der Waals surface area (Å²) in [5.74, 6) is -0.0796. The fraction of sp³-hybridized carbons (Fsp3) is 0.143. The number of ether oxygens (including phenoxy) is 1. The predicted octanol–water partition coefficient (Wildman–Crippen LogP) is 3.47. The molecule has 0 saturated heterocycles. The van der Waals surface area contributed by atoms with Crippen molar-refractivity contribution in [2.45, 2.75) is 12.2 Å². The number of hydrogen-bond donors (Lipinski definition) is 1. The van der Waals surface area contributed by atoms with Crippen LogP contribution in [-0.4, -0.2) is 17.3 Å². The number of nitrogens with one attached hydrogen (secondary N) is 1. The fourth-order valence-electron chi connectivity index (χ4n) is 1.65. The number of aromatic nitrogens is 1. The van der Waals surface area contributed by atoms with Crippen LogP contribution in [0.1, 0.15) is 11.6 Å². The molecule has 2 rings (SSSR count). The molecule has 1 N–H and O–H groups in total. The van der Waals surface area contributed by atoms with E-state index in [9.17, 15) is 18.0 Å². The Balaban J connectivity index is 2.11. The molecule has 0 bridgehead atoms. The van der Waals surface area contributed by atoms with Crippen molar-refractivity contribution in [1.82, 2.24) is 10.3 Å². The highest BCUT2D eigenvalue weighted by Gasteiger charge is 2.42. The van der Waals surface area contributed by atoms with Crippen LogP contribution in [0.2, 0.25) is 0 Å². The molecule has 0 fully saturated rings. The Morgan fingerprint density at radius 2 is 1.76 bits per heavy atom. The first-order chi connectivity index (χ1) is 9.97. The smallest absolute Gasteiger partial charge is 0.391 e. The first kappa shape index (κ1) is 14.8. The Morgan fingerprint density at radius 3 is 2.33 bits per heavy atom. The molecule has 110 valence electrons. The second-order valence-electron chi connectivity index (χ2n) is 4.09. The van der Waals surface area contributed by atoms with Gasteiger partial charge in [0.1, 0.15) is 0 Å². The van der Waals surface area contributed by atoms with Crippen molar-refractivity contribution in [3.63, 3.8) is 0 Å². The Hall–Kier alpha value is -2.57. The topological polar surface area (TPSA) is 51.2 Å². The Morgan fingerprint density at radius 1 is 1.10 bits per heavy atom. The zero-order valence-electron chi connectivity index (χ0n) is 10.7. The molecule has 0 aliphatic heterocycles. The summed E-state index contributed by atoms with van der Waals surface area (Å²) < 4.78 is 43.8. The molecule has 1 amide bonds. The second kappa shape index (κ2) is 6.25. The van der Waals surface area contributed by atoms with Crippen LogP contribution in [0.25, 0.3) is 0 Å². The molecule has 0 aliphatic carbocycles. The fourth-order valence-corrected chi connectivity index (χ4v) is 1.65. The highest BCUT2D eigenvalue weighted by molar-refractivity contribution is 5.70. The molecular formula is C14H11F3N2O2. The van der Waals surface area contributed by atoms with E-state index in [0.29, 0.717) is 0 Å². The maximum Gasteiger partial charge on any atom is 0.414 e. The number of carbonyl (C=O) groups excluding carboxylic acids is 1. The molecular weight excluding hydrogens is 285 g/mol. The van der Waals surface area contributed by atoms with Crippen LogP contribution in [0.5, 0.6) is 5.88 Å². The lowest BCUT2D eigenvalue weighted by Gasteiger charge is -2.21. The summed E-state index contributed by atoms with van der Waals surface area (Å²) in [4.78, 5) is 15.3. The molecule has 1 atom stereocenters. The largest absolute Gasteiger partial charge is 0.414 e. The molecule has 1 aromatic heterocycles. The summed E-state index contributed by atoms with van der Waals surface area (Å²) in [6, 6.07) is 9.42. The van der Waals surface area contributed by atoms with E-state index in [1.165, 1.54) is 36.5 Å². The molecule has 21 heavy (non-hydrogen) atoms. The minimum absolute atomic E-state index is 0.0796. The Labute approximate surface area is 118 Å². The number of hydrogen-bond acceptors (Lipinski definition) is 3. The van der Waals surface area contributed by atoms with Crippen LogP contribution in [-0.2, 0) is 0 Å². The van der Waals surface area contributed by atoms with Crippen LogP contribution in [0.3, 0.4) is 0 Å². The van der Waals surface area contributed by atoms with Crippen molar-refractivity contribution in [1.29, 1.82) is 0 Å². The normalized spacial score (nSPS) is 12.5. The number of alkyl halides is 3. The van der Waals surface area contributed by atoms with Gasteiger partial charge in [-0.3, -0.25) is 0 Å². The molecule has 2 aromatic rings. The molecule has 4 nitrogen and oxygen atoms in total. The zero-order valence-corrected chi connectivity index (χ0v) is 10.7. The average molecular weight is 296 g/mol. The van der Waals surface area contributed by atoms with Crippen LogP contribution < -0.4 is 10.1 Å². The van der Waals surface area contributed by atoms with Gasteiger partial charge in [-0.05, 0) is 11.6 Å². The van der Waals surface area contributed by atoms with Gasteiger partial charge >= 0.3 is 12.3 Å². The first-order valence-electron chi connectivity index (χ1n) is 5.98. The lowest BCUT2D eigenvalue weighted by Crippen LogP contribution is -2.39. The SMILES string of the molecule is O=C(NC(c1ccccc1)C(F)(F)F)Oc1ccccn1. The third-order valence-electron chi connectivity index (χ3n) is 2.56. The van der Waals surface area contributed by atoms with Gasteiger partial charge in [0.15, 0.2) is 6.04 Å². The number of pyridine rings is 1. The third-order valence-corrected chi connectivity index (χ3v) is 2.56. The minimum Gasteiger partial charge on any atom is -0.391 e. The third kappa shape index (κ3) is 4.20. The highest BCUT2D eigenvalue weighted by Crippen LogP contribution is 2.32. The maximum atomic E-state index is 13.0. The van der Waals surface area contributed by atoms with E-state index >= 15 is 0 Å². The summed E-state index contributed by atoms with van der Waals surface area (Å²) in [5.41, 5.74) is -0.0806. The van der Waals surface area contributed by atoms with E-state index in [1.54, 1.807) is 23.5 Å². The summed E-state index contributed by atoms with van der Waals surface area (Å²) in [6.07, 6.45) is -4.49. The van der Waals surface area contributed by atoms with Gasteiger partial charge in [0.25, 0.3) is 0 Å². The number of benzene rings is 1. The molecule has 0 aliphatic rings. The second-order valence-corrected chi connectivity index (χ2v) is 4.09. The van der Waals surface area contributed by atoms with E-state index in [0.717, 1.165) is 0 Å². The predicted molar refractivity (Wildman–Crippen MR) is 68.6 cm³/mol. The van der Waals surface area contributed by atoms with Gasteiger partial charge in [0, 0.05) is 12.3 Å². The minimum atomic E-state index is -4.63. The van der Waals surface area contributed by atoms with Crippen LogP contribution >= 0.6 is 0 Å². The van der Waals surface area contributed by atoms with Crippen LogP contribution in [0.4, 0.5) is 18.0 Å². The number of rotatable bonds is 3. The quantitative estimate of drug-likeness (QED) is 0.943. The van der Waals surface area contributed by atoms with E-state index in [2.05, 4.69) is 4.98 Å². The maximum absolute atomic E-state index is 13.0. The van der Waals surface area contributed by atoms with Gasteiger partial charge in [-0.1, -0.05) is 36.4 Å². The van der Waals surface area contributed by atoms with Crippen LogP contribution in [0.15, 0.2) is 54.7 Å². The van der Waals surface area contributed by atoms with E-state index in [1.807, 2.05) is 0 Å². The Kier molecular flexibility index (Phi) is 4.42. The van der Waals surface area contributed by atoms with Crippen molar-refractivity contribution >= 4 is 6.09 Å². The van der Waals surface area contributed by atoms with E-state index in [-0.39, 0.29) is 11.4 Å². The van der Waals surface area contributed by atoms with Gasteiger partial charge in [0.2, 0.25) is 5.88 Å². The number of carbonyl (C=O) groups is 1. The van der Waals surface area contributed by atoms with E-state index in [4.69, 9.17) is 4.74 Å². The van der Waals surface area contributed by atoms with Crippen molar-refractivity contribution in [2.75, 3.05) is 0 Å². The molecule has 7 heteroatoms. The lowest BCUT2D eigenvalue weighted by molar-refractivity contribution is -0.155. The van der Waals surface area contributed by atoms with Crippen molar-refractivity contribution in [3.8, 4) is 5.88 Å². The van der Waals surface area contributed by atoms with E-state index < -0.39 is 18.3 Å².